The lowest BCUT2D eigenvalue weighted by Crippen LogP contribution is -2.10. The maximum atomic E-state index is 2.42. The number of fused-ring (bicyclic) bond motifs is 7. The van der Waals surface area contributed by atoms with E-state index in [0.717, 1.165) is 28.3 Å². The smallest absolute Gasteiger partial charge is 0.0542 e. The largest absolute Gasteiger partial charge is 0.310 e. The van der Waals surface area contributed by atoms with E-state index in [2.05, 4.69) is 276 Å². The highest BCUT2D eigenvalue weighted by Gasteiger charge is 2.21. The van der Waals surface area contributed by atoms with Gasteiger partial charge in [-0.3, -0.25) is 0 Å². The molecule has 0 saturated carbocycles. The third-order valence-corrected chi connectivity index (χ3v) is 13.7. The summed E-state index contributed by atoms with van der Waals surface area (Å²) in [6, 6.07) is 97.6. The Bertz CT molecular complexity index is 4000. The van der Waals surface area contributed by atoms with E-state index in [1.165, 1.54) is 93.1 Å². The van der Waals surface area contributed by atoms with Crippen molar-refractivity contribution < 1.29 is 0 Å². The van der Waals surface area contributed by atoms with Crippen molar-refractivity contribution in [3.63, 3.8) is 0 Å². The van der Waals surface area contributed by atoms with Gasteiger partial charge in [-0.1, -0.05) is 194 Å². The van der Waals surface area contributed by atoms with E-state index in [0.29, 0.717) is 0 Å². The zero-order valence-corrected chi connectivity index (χ0v) is 37.3. The molecule has 0 saturated heterocycles. The summed E-state index contributed by atoms with van der Waals surface area (Å²) in [6.07, 6.45) is 0. The molecule has 2 nitrogen and oxygen atoms in total. The van der Waals surface area contributed by atoms with Gasteiger partial charge in [0.25, 0.3) is 0 Å². The number of aromatic nitrogens is 1. The summed E-state index contributed by atoms with van der Waals surface area (Å²) in [4.78, 5) is 2.42. The van der Waals surface area contributed by atoms with E-state index in [9.17, 15) is 0 Å². The highest BCUT2D eigenvalue weighted by Crippen LogP contribution is 2.47. The van der Waals surface area contributed by atoms with Crippen LogP contribution in [0.1, 0.15) is 0 Å². The summed E-state index contributed by atoms with van der Waals surface area (Å²) in [6.45, 7) is 0. The summed E-state index contributed by atoms with van der Waals surface area (Å²) in [5, 5.41) is 9.91. The molecule has 0 atom stereocenters. The van der Waals surface area contributed by atoms with E-state index in [-0.39, 0.29) is 0 Å². The van der Waals surface area contributed by atoms with Crippen molar-refractivity contribution in [1.82, 2.24) is 4.57 Å². The molecular weight excluding hydrogens is 821 g/mol. The second-order valence-electron chi connectivity index (χ2n) is 17.7. The molecular formula is C66H44N2. The lowest BCUT2D eigenvalue weighted by molar-refractivity contribution is 1.18. The van der Waals surface area contributed by atoms with Crippen molar-refractivity contribution >= 4 is 71.2 Å². The molecule has 0 amide bonds. The highest BCUT2D eigenvalue weighted by molar-refractivity contribution is 6.22. The Morgan fingerprint density at radius 3 is 1.51 bits per heavy atom. The van der Waals surface area contributed by atoms with Crippen LogP contribution in [0.4, 0.5) is 17.1 Å². The van der Waals surface area contributed by atoms with Crippen LogP contribution in [0.2, 0.25) is 0 Å². The van der Waals surface area contributed by atoms with Crippen LogP contribution >= 0.6 is 0 Å². The lowest BCUT2D eigenvalue weighted by atomic mass is 9.84. The molecule has 0 spiro atoms. The number of hydrogen-bond donors (Lipinski definition) is 0. The first-order valence-corrected chi connectivity index (χ1v) is 23.4. The Balaban J connectivity index is 0.998. The monoisotopic (exact) mass is 864 g/mol. The summed E-state index contributed by atoms with van der Waals surface area (Å²) in [7, 11) is 0. The van der Waals surface area contributed by atoms with Crippen molar-refractivity contribution in [2.75, 3.05) is 4.90 Å². The van der Waals surface area contributed by atoms with Gasteiger partial charge in [0.15, 0.2) is 0 Å². The fourth-order valence-corrected chi connectivity index (χ4v) is 10.6. The zero-order chi connectivity index (χ0) is 45.0. The minimum atomic E-state index is 1.08. The first-order chi connectivity index (χ1) is 33.7. The number of anilines is 3. The second-order valence-corrected chi connectivity index (χ2v) is 17.7. The van der Waals surface area contributed by atoms with Crippen LogP contribution in [0.15, 0.2) is 267 Å². The summed E-state index contributed by atoms with van der Waals surface area (Å²) in [5.74, 6) is 0. The molecule has 0 N–H and O–H groups in total. The van der Waals surface area contributed by atoms with Gasteiger partial charge in [-0.25, -0.2) is 0 Å². The predicted octanol–water partition coefficient (Wildman–Crippen LogP) is 18.4. The topological polar surface area (TPSA) is 8.17 Å². The van der Waals surface area contributed by atoms with Gasteiger partial charge in [-0.05, 0) is 150 Å². The van der Waals surface area contributed by atoms with Gasteiger partial charge < -0.3 is 9.47 Å². The maximum absolute atomic E-state index is 2.42. The Morgan fingerprint density at radius 1 is 0.235 bits per heavy atom. The van der Waals surface area contributed by atoms with Gasteiger partial charge in [0.2, 0.25) is 0 Å². The van der Waals surface area contributed by atoms with Crippen LogP contribution in [0.3, 0.4) is 0 Å². The summed E-state index contributed by atoms with van der Waals surface area (Å²) >= 11 is 0. The Kier molecular flexibility index (Phi) is 9.54. The average molecular weight is 865 g/mol. The van der Waals surface area contributed by atoms with E-state index < -0.39 is 0 Å². The molecule has 0 aliphatic heterocycles. The molecule has 1 heterocycles. The van der Waals surface area contributed by atoms with Crippen LogP contribution in [-0.2, 0) is 0 Å². The van der Waals surface area contributed by atoms with Gasteiger partial charge in [0.1, 0.15) is 0 Å². The number of para-hydroxylation sites is 2. The first kappa shape index (κ1) is 39.4. The van der Waals surface area contributed by atoms with Crippen LogP contribution < -0.4 is 4.90 Å². The average Bonchev–Trinajstić information content (AvgIpc) is 3.75. The maximum Gasteiger partial charge on any atom is 0.0542 e. The number of hydrogen-bond acceptors (Lipinski definition) is 1. The highest BCUT2D eigenvalue weighted by atomic mass is 15.1. The fourth-order valence-electron chi connectivity index (χ4n) is 10.6. The molecule has 0 unspecified atom stereocenters. The second kappa shape index (κ2) is 16.5. The van der Waals surface area contributed by atoms with Crippen LogP contribution in [0.5, 0.6) is 0 Å². The van der Waals surface area contributed by atoms with Crippen LogP contribution in [0, 0.1) is 0 Å². The van der Waals surface area contributed by atoms with Gasteiger partial charge in [-0.2, -0.15) is 0 Å². The molecule has 13 aromatic rings. The molecule has 0 bridgehead atoms. The third-order valence-electron chi connectivity index (χ3n) is 13.7. The minimum absolute atomic E-state index is 1.08. The molecule has 12 aromatic carbocycles. The molecule has 0 fully saturated rings. The van der Waals surface area contributed by atoms with E-state index in [1.54, 1.807) is 0 Å². The van der Waals surface area contributed by atoms with Crippen molar-refractivity contribution in [3.8, 4) is 50.2 Å². The van der Waals surface area contributed by atoms with E-state index in [1.807, 2.05) is 0 Å². The molecule has 1 aromatic heterocycles. The predicted molar refractivity (Wildman–Crippen MR) is 290 cm³/mol. The first-order valence-electron chi connectivity index (χ1n) is 23.4. The molecule has 0 aliphatic rings. The molecule has 2 heteroatoms. The SMILES string of the molecule is c1ccc(-c2c(-c3ccccc3)c3cc(-c4cccc(N(c5ccc(-c6ccc7ccccc7c6)cc5)c5ccc6c(c5)c5ccccc5n6-c5ccccc5)c4)ccc3c3ccccc23)cc1. The van der Waals surface area contributed by atoms with E-state index in [4.69, 9.17) is 0 Å². The molecule has 318 valence electrons. The molecule has 0 radical (unpaired) electrons. The molecule has 68 heavy (non-hydrogen) atoms. The molecule has 13 rings (SSSR count). The molecule has 0 aliphatic carbocycles. The van der Waals surface area contributed by atoms with Gasteiger partial charge >= 0.3 is 0 Å². The Labute approximate surface area is 395 Å². The van der Waals surface area contributed by atoms with E-state index >= 15 is 0 Å². The van der Waals surface area contributed by atoms with Gasteiger partial charge in [0, 0.05) is 33.5 Å². The van der Waals surface area contributed by atoms with Crippen LogP contribution in [-0.4, -0.2) is 4.57 Å². The van der Waals surface area contributed by atoms with Crippen LogP contribution in [0.25, 0.3) is 104 Å². The van der Waals surface area contributed by atoms with Crippen molar-refractivity contribution in [1.29, 1.82) is 0 Å². The lowest BCUT2D eigenvalue weighted by Gasteiger charge is -2.26. The van der Waals surface area contributed by atoms with Crippen molar-refractivity contribution in [2.45, 2.75) is 0 Å². The summed E-state index contributed by atoms with van der Waals surface area (Å²) < 4.78 is 2.38. The fraction of sp³-hybridized carbons (Fsp3) is 0. The summed E-state index contributed by atoms with van der Waals surface area (Å²) in [5.41, 5.74) is 16.4. The van der Waals surface area contributed by atoms with Gasteiger partial charge in [0.05, 0.1) is 11.0 Å². The third kappa shape index (κ3) is 6.73. The minimum Gasteiger partial charge on any atom is -0.310 e. The quantitative estimate of drug-likeness (QED) is 0.138. The Hall–Kier alpha value is -8.98. The number of rotatable bonds is 8. The standard InChI is InChI=1S/C66H44N2/c1-4-18-47(19-5-1)65-60-29-13-12-27-57(60)58-39-35-52(43-62(58)66(65)48-20-6-2-7-21-48)50-23-16-26-55(42-50)67(54-36-33-46(34-37-54)51-32-31-45-17-10-11-22-49(45)41-51)56-38-40-64-61(44-56)59-28-14-15-30-63(59)68(64)53-24-8-3-9-25-53/h1-44H. The number of nitrogens with zero attached hydrogens (tertiary/aromatic N) is 2. The number of benzene rings is 12. The van der Waals surface area contributed by atoms with Crippen molar-refractivity contribution in [3.05, 3.63) is 267 Å². The van der Waals surface area contributed by atoms with Gasteiger partial charge in [-0.15, -0.1) is 0 Å². The normalized spacial score (nSPS) is 11.5. The van der Waals surface area contributed by atoms with Crippen molar-refractivity contribution in [2.24, 2.45) is 0 Å². The zero-order valence-electron chi connectivity index (χ0n) is 37.3. The Morgan fingerprint density at radius 2 is 0.750 bits per heavy atom.